The molecule has 0 aliphatic carbocycles. The van der Waals surface area contributed by atoms with Gasteiger partial charge in [-0.2, -0.15) is 0 Å². The van der Waals surface area contributed by atoms with Crippen molar-refractivity contribution in [2.24, 2.45) is 0 Å². The molecule has 0 N–H and O–H groups in total. The number of nitro groups is 1. The second kappa shape index (κ2) is 5.69. The normalized spacial score (nSPS) is 20.3. The lowest BCUT2D eigenvalue weighted by Gasteiger charge is -2.32. The fourth-order valence-electron chi connectivity index (χ4n) is 2.50. The van der Waals surface area contributed by atoms with Crippen molar-refractivity contribution in [1.82, 2.24) is 4.90 Å². The molecule has 7 heteroatoms. The van der Waals surface area contributed by atoms with Crippen molar-refractivity contribution >= 4 is 11.6 Å². The first-order chi connectivity index (χ1) is 9.81. The van der Waals surface area contributed by atoms with Gasteiger partial charge < -0.3 is 14.4 Å². The highest BCUT2D eigenvalue weighted by Gasteiger charge is 2.42. The minimum absolute atomic E-state index is 0.0121. The van der Waals surface area contributed by atoms with E-state index in [1.54, 1.807) is 4.90 Å². The maximum Gasteiger partial charge on any atom is 0.269 e. The Hall–Kier alpha value is -2.15. The first kappa shape index (κ1) is 15.2. The lowest BCUT2D eigenvalue weighted by atomic mass is 10.2. The maximum atomic E-state index is 11.7. The van der Waals surface area contributed by atoms with E-state index in [0.717, 1.165) is 0 Å². The molecule has 1 atom stereocenters. The van der Waals surface area contributed by atoms with Crippen LogP contribution in [0, 0.1) is 10.1 Å². The summed E-state index contributed by atoms with van der Waals surface area (Å²) < 4.78 is 11.2. The van der Waals surface area contributed by atoms with Crippen molar-refractivity contribution in [3.63, 3.8) is 0 Å². The monoisotopic (exact) mass is 294 g/mol. The number of benzene rings is 1. The third-order valence-corrected chi connectivity index (χ3v) is 3.40. The number of carbonyl (C=O) groups is 1. The summed E-state index contributed by atoms with van der Waals surface area (Å²) in [6, 6.07) is 5.67. The van der Waals surface area contributed by atoms with E-state index in [-0.39, 0.29) is 24.2 Å². The first-order valence-corrected chi connectivity index (χ1v) is 6.62. The van der Waals surface area contributed by atoms with Crippen LogP contribution in [0.15, 0.2) is 24.3 Å². The molecule has 2 rings (SSSR count). The van der Waals surface area contributed by atoms with Crippen molar-refractivity contribution in [3.8, 4) is 5.75 Å². The van der Waals surface area contributed by atoms with Gasteiger partial charge in [0, 0.05) is 19.1 Å². The lowest BCUT2D eigenvalue weighted by molar-refractivity contribution is -0.384. The van der Waals surface area contributed by atoms with Gasteiger partial charge in [0.2, 0.25) is 5.91 Å². The number of ether oxygens (including phenoxy) is 2. The van der Waals surface area contributed by atoms with Gasteiger partial charge in [-0.25, -0.2) is 0 Å². The molecule has 21 heavy (non-hydrogen) atoms. The smallest absolute Gasteiger partial charge is 0.269 e. The average Bonchev–Trinajstić information content (AvgIpc) is 2.72. The van der Waals surface area contributed by atoms with E-state index in [9.17, 15) is 14.9 Å². The van der Waals surface area contributed by atoms with E-state index in [0.29, 0.717) is 12.4 Å². The number of non-ortho nitro benzene ring substituents is 1. The summed E-state index contributed by atoms with van der Waals surface area (Å²) in [6.07, 6.45) is 0. The molecule has 7 nitrogen and oxygen atoms in total. The van der Waals surface area contributed by atoms with Crippen molar-refractivity contribution in [2.75, 3.05) is 13.2 Å². The molecular formula is C14H18N2O5. The molecule has 114 valence electrons. The topological polar surface area (TPSA) is 81.9 Å². The zero-order valence-electron chi connectivity index (χ0n) is 12.2. The number of amides is 1. The molecule has 1 saturated heterocycles. The zero-order valence-corrected chi connectivity index (χ0v) is 12.2. The van der Waals surface area contributed by atoms with E-state index in [2.05, 4.69) is 0 Å². The summed E-state index contributed by atoms with van der Waals surface area (Å²) in [7, 11) is 0. The van der Waals surface area contributed by atoms with Crippen LogP contribution in [-0.4, -0.2) is 40.7 Å². The summed E-state index contributed by atoms with van der Waals surface area (Å²) >= 11 is 0. The SMILES string of the molecule is CC(=O)N1[C@@H](COc2ccc([N+](=O)[O-])cc2)COC1(C)C. The molecule has 0 saturated carbocycles. The van der Waals surface area contributed by atoms with E-state index < -0.39 is 10.6 Å². The Labute approximate surface area is 122 Å². The predicted octanol–water partition coefficient (Wildman–Crippen LogP) is 1.96. The van der Waals surface area contributed by atoms with Gasteiger partial charge >= 0.3 is 0 Å². The van der Waals surface area contributed by atoms with Crippen molar-refractivity contribution < 1.29 is 19.2 Å². The maximum absolute atomic E-state index is 11.7. The molecule has 1 heterocycles. The second-order valence-electron chi connectivity index (χ2n) is 5.36. The van der Waals surface area contributed by atoms with Crippen LogP contribution < -0.4 is 4.74 Å². The van der Waals surface area contributed by atoms with Gasteiger partial charge in [0.15, 0.2) is 0 Å². The third kappa shape index (κ3) is 3.30. The van der Waals surface area contributed by atoms with Crippen molar-refractivity contribution in [1.29, 1.82) is 0 Å². The molecule has 1 aromatic carbocycles. The molecule has 1 fully saturated rings. The minimum atomic E-state index is -0.644. The van der Waals surface area contributed by atoms with Gasteiger partial charge in [0.1, 0.15) is 18.1 Å². The van der Waals surface area contributed by atoms with Crippen molar-refractivity contribution in [2.45, 2.75) is 32.5 Å². The highest BCUT2D eigenvalue weighted by atomic mass is 16.6. The summed E-state index contributed by atoms with van der Waals surface area (Å²) in [5, 5.41) is 10.6. The standard InChI is InChI=1S/C14H18N2O5/c1-10(17)15-12(9-21-14(15,2)3)8-20-13-6-4-11(5-7-13)16(18)19/h4-7,12H,8-9H2,1-3H3/t12-/m0/s1. The predicted molar refractivity (Wildman–Crippen MR) is 74.9 cm³/mol. The van der Waals surface area contributed by atoms with Crippen molar-refractivity contribution in [3.05, 3.63) is 34.4 Å². The summed E-state index contributed by atoms with van der Waals surface area (Å²) in [5.41, 5.74) is -0.631. The fraction of sp³-hybridized carbons (Fsp3) is 0.500. The number of hydrogen-bond donors (Lipinski definition) is 0. The molecular weight excluding hydrogens is 276 g/mol. The lowest BCUT2D eigenvalue weighted by Crippen LogP contribution is -2.48. The number of rotatable bonds is 4. The van der Waals surface area contributed by atoms with Gasteiger partial charge in [0.25, 0.3) is 5.69 Å². The summed E-state index contributed by atoms with van der Waals surface area (Å²) in [5.74, 6) is 0.448. The zero-order chi connectivity index (χ0) is 15.6. The highest BCUT2D eigenvalue weighted by Crippen LogP contribution is 2.28. The molecule has 0 aromatic heterocycles. The number of carbonyl (C=O) groups excluding carboxylic acids is 1. The van der Waals surface area contributed by atoms with Crippen LogP contribution in [0.5, 0.6) is 5.75 Å². The van der Waals surface area contributed by atoms with E-state index >= 15 is 0 Å². The molecule has 0 unspecified atom stereocenters. The molecule has 0 radical (unpaired) electrons. The van der Waals surface area contributed by atoms with Crippen LogP contribution >= 0.6 is 0 Å². The number of nitrogens with zero attached hydrogens (tertiary/aromatic N) is 2. The summed E-state index contributed by atoms with van der Waals surface area (Å²) in [4.78, 5) is 23.5. The first-order valence-electron chi connectivity index (χ1n) is 6.62. The quantitative estimate of drug-likeness (QED) is 0.626. The number of hydrogen-bond acceptors (Lipinski definition) is 5. The molecule has 1 aliphatic heterocycles. The Morgan fingerprint density at radius 3 is 2.62 bits per heavy atom. The van der Waals surface area contributed by atoms with Gasteiger partial charge in [0.05, 0.1) is 17.6 Å². The molecule has 1 aromatic rings. The largest absolute Gasteiger partial charge is 0.491 e. The number of nitro benzene ring substituents is 1. The van der Waals surface area contributed by atoms with Crippen LogP contribution in [-0.2, 0) is 9.53 Å². The molecule has 0 spiro atoms. The Bertz CT molecular complexity index is 541. The van der Waals surface area contributed by atoms with Gasteiger partial charge in [-0.3, -0.25) is 14.9 Å². The van der Waals surface area contributed by atoms with Crippen LogP contribution in [0.1, 0.15) is 20.8 Å². The summed E-state index contributed by atoms with van der Waals surface area (Å²) in [6.45, 7) is 5.84. The van der Waals surface area contributed by atoms with Gasteiger partial charge in [-0.15, -0.1) is 0 Å². The second-order valence-corrected chi connectivity index (χ2v) is 5.36. The Kier molecular flexibility index (Phi) is 4.13. The van der Waals surface area contributed by atoms with Crippen LogP contribution in [0.3, 0.4) is 0 Å². The van der Waals surface area contributed by atoms with Gasteiger partial charge in [-0.05, 0) is 26.0 Å². The molecule has 1 amide bonds. The van der Waals surface area contributed by atoms with Crippen LogP contribution in [0.2, 0.25) is 0 Å². The van der Waals surface area contributed by atoms with E-state index in [1.165, 1.54) is 31.2 Å². The van der Waals surface area contributed by atoms with Gasteiger partial charge in [-0.1, -0.05) is 0 Å². The molecule has 1 aliphatic rings. The van der Waals surface area contributed by atoms with Crippen LogP contribution in [0.25, 0.3) is 0 Å². The Morgan fingerprint density at radius 2 is 2.10 bits per heavy atom. The van der Waals surface area contributed by atoms with E-state index in [1.807, 2.05) is 13.8 Å². The Morgan fingerprint density at radius 1 is 1.48 bits per heavy atom. The minimum Gasteiger partial charge on any atom is -0.491 e. The Balaban J connectivity index is 1.99. The van der Waals surface area contributed by atoms with Crippen LogP contribution in [0.4, 0.5) is 5.69 Å². The average molecular weight is 294 g/mol. The fourth-order valence-corrected chi connectivity index (χ4v) is 2.50. The highest BCUT2D eigenvalue weighted by molar-refractivity contribution is 5.74. The van der Waals surface area contributed by atoms with E-state index in [4.69, 9.17) is 9.47 Å². The molecule has 0 bridgehead atoms. The third-order valence-electron chi connectivity index (χ3n) is 3.40.